The minimum absolute atomic E-state index is 0.0243. The third kappa shape index (κ3) is 7.13. The summed E-state index contributed by atoms with van der Waals surface area (Å²) < 4.78 is 48.3. The largest absolute Gasteiger partial charge is 0.490 e. The number of nitrogens with one attached hydrogen (secondary N) is 2. The number of nitrogens with zero attached hydrogens (tertiary/aromatic N) is 5. The first-order valence-electron chi connectivity index (χ1n) is 14.7. The van der Waals surface area contributed by atoms with Crippen LogP contribution in [0.4, 0.5) is 17.6 Å². The lowest BCUT2D eigenvalue weighted by Crippen LogP contribution is -2.54. The number of carbonyl (C=O) groups excluding carboxylic acids is 4. The number of halogens is 5. The van der Waals surface area contributed by atoms with E-state index in [9.17, 15) is 36.7 Å². The second-order valence-electron chi connectivity index (χ2n) is 11.6. The van der Waals surface area contributed by atoms with Gasteiger partial charge in [-0.2, -0.15) is 13.2 Å². The number of carboxylic acids is 1. The Bertz CT molecular complexity index is 1760. The van der Waals surface area contributed by atoms with Gasteiger partial charge >= 0.3 is 12.1 Å². The fourth-order valence-electron chi connectivity index (χ4n) is 5.81. The summed E-state index contributed by atoms with van der Waals surface area (Å²) >= 11 is 3.48. The maximum absolute atomic E-state index is 14.1. The van der Waals surface area contributed by atoms with E-state index in [1.165, 1.54) is 0 Å². The van der Waals surface area contributed by atoms with Gasteiger partial charge in [-0.15, -0.1) is 5.10 Å². The summed E-state index contributed by atoms with van der Waals surface area (Å²) in [5.74, 6) is -4.72. The highest BCUT2D eigenvalue weighted by Crippen LogP contribution is 2.42. The van der Waals surface area contributed by atoms with Gasteiger partial charge in [-0.05, 0) is 59.0 Å². The van der Waals surface area contributed by atoms with Crippen LogP contribution in [0.15, 0.2) is 46.9 Å². The first-order chi connectivity index (χ1) is 22.7. The highest BCUT2D eigenvalue weighted by molar-refractivity contribution is 9.10. The molecule has 1 aliphatic carbocycles. The number of aromatic nitrogens is 4. The summed E-state index contributed by atoms with van der Waals surface area (Å²) in [5.41, 5.74) is 1.16. The van der Waals surface area contributed by atoms with Crippen LogP contribution in [0.25, 0.3) is 0 Å². The number of benzene rings is 2. The average Bonchev–Trinajstić information content (AvgIpc) is 3.56. The highest BCUT2D eigenvalue weighted by atomic mass is 79.9. The first kappa shape index (κ1) is 34.7. The number of tetrazole rings is 1. The molecule has 3 aromatic rings. The van der Waals surface area contributed by atoms with Gasteiger partial charge in [-0.3, -0.25) is 33.8 Å². The first-order valence-corrected chi connectivity index (χ1v) is 15.5. The monoisotopic (exact) mass is 737 g/mol. The minimum atomic E-state index is -5.08. The highest BCUT2D eigenvalue weighted by Gasteiger charge is 2.47. The molecule has 2 atom stereocenters. The minimum Gasteiger partial charge on any atom is -0.475 e. The Morgan fingerprint density at radius 2 is 1.83 bits per heavy atom. The number of piperidine rings is 1. The van der Waals surface area contributed by atoms with Gasteiger partial charge in [0.2, 0.25) is 11.8 Å². The van der Waals surface area contributed by atoms with E-state index < -0.39 is 59.9 Å². The van der Waals surface area contributed by atoms with E-state index >= 15 is 0 Å². The lowest BCUT2D eigenvalue weighted by molar-refractivity contribution is -0.192. The molecule has 4 amide bonds. The Labute approximate surface area is 278 Å². The van der Waals surface area contributed by atoms with Crippen LogP contribution in [0.5, 0.6) is 0 Å². The molecule has 254 valence electrons. The predicted octanol–water partition coefficient (Wildman–Crippen LogP) is 3.34. The standard InChI is InChI=1S/C28H27BrFN7O4.C2HF3O2/c29-17-5-1-4-16(12-17)13-36-24(33-34-35-36)23(31-15-28(14-30)10-3-11-28)18-6-2-7-19-22(18)27(41)37(26(19)40)20-8-9-21(38)32-25(20)39;3-2(4,5)1(6)7/h1-2,4-7,12,20,23,31H,3,8-11,13-15H2,(H,32,38,39);(H,6,7). The van der Waals surface area contributed by atoms with E-state index in [0.717, 1.165) is 34.2 Å². The smallest absolute Gasteiger partial charge is 0.475 e. The van der Waals surface area contributed by atoms with Crippen molar-refractivity contribution >= 4 is 45.5 Å². The van der Waals surface area contributed by atoms with Gasteiger partial charge in [0.15, 0.2) is 5.82 Å². The van der Waals surface area contributed by atoms with Gasteiger partial charge in [0.05, 0.1) is 30.4 Å². The zero-order chi connectivity index (χ0) is 34.8. The van der Waals surface area contributed by atoms with Gasteiger partial charge in [0, 0.05) is 22.9 Å². The summed E-state index contributed by atoms with van der Waals surface area (Å²) in [6.07, 6.45) is -2.60. The van der Waals surface area contributed by atoms with Crippen LogP contribution in [0.3, 0.4) is 0 Å². The van der Waals surface area contributed by atoms with Gasteiger partial charge in [-0.1, -0.05) is 46.6 Å². The van der Waals surface area contributed by atoms with Crippen LogP contribution in [0.2, 0.25) is 0 Å². The topological polar surface area (TPSA) is 176 Å². The van der Waals surface area contributed by atoms with Crippen molar-refractivity contribution in [1.82, 2.24) is 35.7 Å². The number of rotatable bonds is 9. The number of alkyl halides is 4. The second-order valence-corrected chi connectivity index (χ2v) is 12.6. The van der Waals surface area contributed by atoms with E-state index in [-0.39, 0.29) is 24.0 Å². The Kier molecular flexibility index (Phi) is 10.0. The molecule has 3 heterocycles. The van der Waals surface area contributed by atoms with Gasteiger partial charge in [0.1, 0.15) is 6.04 Å². The van der Waals surface area contributed by atoms with Crippen molar-refractivity contribution in [2.45, 2.75) is 56.9 Å². The maximum atomic E-state index is 14.1. The fraction of sp³-hybridized carbons (Fsp3) is 0.400. The van der Waals surface area contributed by atoms with Crippen LogP contribution in [-0.2, 0) is 20.9 Å². The number of carbonyl (C=O) groups is 5. The number of carboxylic acid groups (broad SMARTS) is 1. The molecule has 2 fully saturated rings. The van der Waals surface area contributed by atoms with Crippen LogP contribution in [0.1, 0.15) is 75.8 Å². The van der Waals surface area contributed by atoms with E-state index in [1.807, 2.05) is 24.3 Å². The summed E-state index contributed by atoms with van der Waals surface area (Å²) in [4.78, 5) is 61.5. The maximum Gasteiger partial charge on any atom is 0.490 e. The Hall–Kier alpha value is -4.58. The molecular weight excluding hydrogens is 710 g/mol. The lowest BCUT2D eigenvalue weighted by atomic mass is 9.69. The number of amides is 4. The number of hydrogen-bond donors (Lipinski definition) is 3. The second kappa shape index (κ2) is 13.9. The molecule has 3 aliphatic rings. The third-order valence-corrected chi connectivity index (χ3v) is 8.97. The molecule has 0 radical (unpaired) electrons. The van der Waals surface area contributed by atoms with Crippen molar-refractivity contribution < 1.29 is 46.6 Å². The van der Waals surface area contributed by atoms with Crippen molar-refractivity contribution in [1.29, 1.82) is 0 Å². The van der Waals surface area contributed by atoms with Crippen LogP contribution in [-0.4, -0.2) is 85.2 Å². The molecule has 0 bridgehead atoms. The summed E-state index contributed by atoms with van der Waals surface area (Å²) in [6.45, 7) is 0.169. The Balaban J connectivity index is 0.000000582. The molecule has 13 nitrogen and oxygen atoms in total. The summed E-state index contributed by atoms with van der Waals surface area (Å²) in [6, 6.07) is 10.8. The number of fused-ring (bicyclic) bond motifs is 1. The number of hydrogen-bond acceptors (Lipinski definition) is 9. The molecule has 2 aliphatic heterocycles. The van der Waals surface area contributed by atoms with Crippen molar-refractivity contribution in [3.8, 4) is 0 Å². The predicted molar refractivity (Wildman–Crippen MR) is 160 cm³/mol. The SMILES string of the molecule is O=C(O)C(F)(F)F.O=C1CCC(N2C(=O)c3cccc(C(NCC4(CF)CCC4)c4nnnn4Cc4cccc(Br)c4)c3C2=O)C(=O)N1. The van der Waals surface area contributed by atoms with Crippen molar-refractivity contribution in [2.75, 3.05) is 13.2 Å². The van der Waals surface area contributed by atoms with Crippen molar-refractivity contribution in [2.24, 2.45) is 5.41 Å². The van der Waals surface area contributed by atoms with Crippen molar-refractivity contribution in [3.05, 3.63) is 75.0 Å². The molecule has 2 unspecified atom stereocenters. The summed E-state index contributed by atoms with van der Waals surface area (Å²) in [5, 5.41) is 25.2. The number of imide groups is 2. The Morgan fingerprint density at radius 1 is 1.12 bits per heavy atom. The number of aliphatic carboxylic acids is 1. The zero-order valence-corrected chi connectivity index (χ0v) is 26.6. The van der Waals surface area contributed by atoms with Gasteiger partial charge < -0.3 is 10.4 Å². The molecule has 1 saturated heterocycles. The van der Waals surface area contributed by atoms with Gasteiger partial charge in [-0.25, -0.2) is 9.48 Å². The molecule has 0 spiro atoms. The molecule has 6 rings (SSSR count). The fourth-order valence-corrected chi connectivity index (χ4v) is 6.26. The third-order valence-electron chi connectivity index (χ3n) is 8.47. The van der Waals surface area contributed by atoms with E-state index in [1.54, 1.807) is 22.9 Å². The van der Waals surface area contributed by atoms with E-state index in [4.69, 9.17) is 9.90 Å². The lowest BCUT2D eigenvalue weighted by Gasteiger charge is -2.40. The van der Waals surface area contributed by atoms with Crippen LogP contribution >= 0.6 is 15.9 Å². The van der Waals surface area contributed by atoms with E-state index in [0.29, 0.717) is 24.5 Å². The zero-order valence-electron chi connectivity index (χ0n) is 25.0. The molecule has 18 heteroatoms. The van der Waals surface area contributed by atoms with E-state index in [2.05, 4.69) is 42.1 Å². The normalized spacial score (nSPS) is 19.2. The molecule has 3 N–H and O–H groups in total. The Morgan fingerprint density at radius 3 is 2.44 bits per heavy atom. The van der Waals surface area contributed by atoms with Crippen molar-refractivity contribution in [3.63, 3.8) is 0 Å². The quantitative estimate of drug-likeness (QED) is 0.218. The molecular formula is C30H28BrF4N7O6. The van der Waals surface area contributed by atoms with Crippen LogP contribution in [0, 0.1) is 5.41 Å². The molecule has 2 aromatic carbocycles. The molecule has 1 saturated carbocycles. The molecule has 1 aromatic heterocycles. The van der Waals surface area contributed by atoms with Gasteiger partial charge in [0.25, 0.3) is 11.8 Å². The average molecular weight is 738 g/mol. The summed E-state index contributed by atoms with van der Waals surface area (Å²) in [7, 11) is 0. The molecule has 48 heavy (non-hydrogen) atoms. The van der Waals surface area contributed by atoms with Crippen LogP contribution < -0.4 is 10.6 Å².